The molecule has 1 amide bonds. The van der Waals surface area contributed by atoms with Gasteiger partial charge in [-0.25, -0.2) is 0 Å². The molecule has 17 heavy (non-hydrogen) atoms. The zero-order chi connectivity index (χ0) is 12.1. The highest BCUT2D eigenvalue weighted by atomic mass is 16.2. The van der Waals surface area contributed by atoms with Crippen LogP contribution in [-0.4, -0.2) is 36.5 Å². The highest BCUT2D eigenvalue weighted by molar-refractivity contribution is 5.77. The highest BCUT2D eigenvalue weighted by Gasteiger charge is 2.28. The van der Waals surface area contributed by atoms with Gasteiger partial charge in [-0.15, -0.1) is 0 Å². The van der Waals surface area contributed by atoms with E-state index in [1.807, 2.05) is 0 Å². The van der Waals surface area contributed by atoms with Gasteiger partial charge in [0.25, 0.3) is 0 Å². The lowest BCUT2D eigenvalue weighted by atomic mass is 9.99. The van der Waals surface area contributed by atoms with E-state index >= 15 is 0 Å². The van der Waals surface area contributed by atoms with Crippen molar-refractivity contribution in [3.63, 3.8) is 0 Å². The van der Waals surface area contributed by atoms with Crippen LogP contribution in [0.25, 0.3) is 0 Å². The zero-order valence-electron chi connectivity index (χ0n) is 11.1. The maximum absolute atomic E-state index is 11.5. The van der Waals surface area contributed by atoms with Crippen molar-refractivity contribution in [1.82, 2.24) is 10.2 Å². The fourth-order valence-corrected chi connectivity index (χ4v) is 3.24. The molecule has 1 N–H and O–H groups in total. The van der Waals surface area contributed by atoms with Gasteiger partial charge in [-0.3, -0.25) is 4.79 Å². The van der Waals surface area contributed by atoms with E-state index in [2.05, 4.69) is 17.1 Å². The molecule has 0 spiro atoms. The monoisotopic (exact) mass is 238 g/mol. The van der Waals surface area contributed by atoms with Crippen LogP contribution < -0.4 is 5.32 Å². The van der Waals surface area contributed by atoms with E-state index in [1.54, 1.807) is 0 Å². The van der Waals surface area contributed by atoms with Crippen molar-refractivity contribution in [2.45, 2.75) is 57.9 Å². The number of amides is 1. The average Bonchev–Trinajstić information content (AvgIpc) is 2.93. The Morgan fingerprint density at radius 2 is 2.24 bits per heavy atom. The first kappa shape index (κ1) is 12.9. The zero-order valence-corrected chi connectivity index (χ0v) is 11.1. The Hall–Kier alpha value is -0.570. The summed E-state index contributed by atoms with van der Waals surface area (Å²) in [6.07, 6.45) is 8.31. The molecule has 0 aromatic heterocycles. The maximum Gasteiger partial charge on any atom is 0.222 e. The van der Waals surface area contributed by atoms with Gasteiger partial charge in [-0.05, 0) is 44.6 Å². The van der Waals surface area contributed by atoms with E-state index in [-0.39, 0.29) is 0 Å². The first-order chi connectivity index (χ1) is 8.31. The lowest BCUT2D eigenvalue weighted by Crippen LogP contribution is -2.35. The van der Waals surface area contributed by atoms with Gasteiger partial charge in [0.1, 0.15) is 0 Å². The number of carbonyl (C=O) groups excluding carboxylic acids is 1. The predicted molar refractivity (Wildman–Crippen MR) is 69.9 cm³/mol. The van der Waals surface area contributed by atoms with E-state index < -0.39 is 0 Å². The first-order valence-electron chi connectivity index (χ1n) is 7.32. The third kappa shape index (κ3) is 3.44. The minimum Gasteiger partial charge on any atom is -0.343 e. The predicted octanol–water partition coefficient (Wildman–Crippen LogP) is 2.17. The van der Waals surface area contributed by atoms with Gasteiger partial charge >= 0.3 is 0 Å². The van der Waals surface area contributed by atoms with Gasteiger partial charge in [0, 0.05) is 25.6 Å². The van der Waals surface area contributed by atoms with Gasteiger partial charge in [0.05, 0.1) is 0 Å². The van der Waals surface area contributed by atoms with E-state index in [1.165, 1.54) is 32.1 Å². The normalized spacial score (nSPS) is 29.2. The van der Waals surface area contributed by atoms with Crippen LogP contribution in [0.15, 0.2) is 0 Å². The molecule has 2 rings (SSSR count). The Balaban J connectivity index is 1.71. The molecule has 1 aliphatic carbocycles. The van der Waals surface area contributed by atoms with Gasteiger partial charge in [-0.2, -0.15) is 0 Å². The summed E-state index contributed by atoms with van der Waals surface area (Å²) in [6.45, 7) is 5.36. The molecular formula is C14H26N2O. The number of hydrogen-bond acceptors (Lipinski definition) is 2. The van der Waals surface area contributed by atoms with E-state index in [0.717, 1.165) is 38.4 Å². The Morgan fingerprint density at radius 3 is 2.94 bits per heavy atom. The first-order valence-corrected chi connectivity index (χ1v) is 7.32. The average molecular weight is 238 g/mol. The van der Waals surface area contributed by atoms with E-state index in [0.29, 0.717) is 11.9 Å². The summed E-state index contributed by atoms with van der Waals surface area (Å²) in [5.41, 5.74) is 0. The molecule has 0 aromatic carbocycles. The fraction of sp³-hybridized carbons (Fsp3) is 0.929. The van der Waals surface area contributed by atoms with Crippen molar-refractivity contribution in [2.75, 3.05) is 19.6 Å². The summed E-state index contributed by atoms with van der Waals surface area (Å²) in [6, 6.07) is 0.715. The minimum absolute atomic E-state index is 0.376. The molecule has 1 aliphatic heterocycles. The highest BCUT2D eigenvalue weighted by Crippen LogP contribution is 2.29. The molecule has 0 aromatic rings. The molecule has 98 valence electrons. The SMILES string of the molecule is CCCNC1CCCC1CCN1CCCC1=O. The Labute approximate surface area is 105 Å². The van der Waals surface area contributed by atoms with Crippen molar-refractivity contribution < 1.29 is 4.79 Å². The van der Waals surface area contributed by atoms with Crippen molar-refractivity contribution in [3.8, 4) is 0 Å². The van der Waals surface area contributed by atoms with E-state index in [9.17, 15) is 4.79 Å². The van der Waals surface area contributed by atoms with Crippen molar-refractivity contribution >= 4 is 5.91 Å². The van der Waals surface area contributed by atoms with Crippen LogP contribution in [0.1, 0.15) is 51.9 Å². The van der Waals surface area contributed by atoms with Crippen LogP contribution in [0.3, 0.4) is 0 Å². The fourth-order valence-electron chi connectivity index (χ4n) is 3.24. The Bertz CT molecular complexity index is 255. The van der Waals surface area contributed by atoms with Crippen LogP contribution in [0.4, 0.5) is 0 Å². The van der Waals surface area contributed by atoms with Gasteiger partial charge in [0.2, 0.25) is 5.91 Å². The summed E-state index contributed by atoms with van der Waals surface area (Å²) < 4.78 is 0. The molecule has 0 bridgehead atoms. The molecule has 1 heterocycles. The number of carbonyl (C=O) groups is 1. The minimum atomic E-state index is 0.376. The number of likely N-dealkylation sites (tertiary alicyclic amines) is 1. The summed E-state index contributed by atoms with van der Waals surface area (Å²) in [5, 5.41) is 3.66. The third-order valence-corrected chi connectivity index (χ3v) is 4.26. The molecule has 1 saturated carbocycles. The quantitative estimate of drug-likeness (QED) is 0.769. The molecule has 2 aliphatic rings. The second-order valence-electron chi connectivity index (χ2n) is 5.52. The molecule has 3 nitrogen and oxygen atoms in total. The van der Waals surface area contributed by atoms with Crippen molar-refractivity contribution in [1.29, 1.82) is 0 Å². The topological polar surface area (TPSA) is 32.3 Å². The van der Waals surface area contributed by atoms with Crippen LogP contribution in [0, 0.1) is 5.92 Å². The van der Waals surface area contributed by atoms with Crippen molar-refractivity contribution in [2.24, 2.45) is 5.92 Å². The number of hydrogen-bond donors (Lipinski definition) is 1. The van der Waals surface area contributed by atoms with Crippen LogP contribution in [0.5, 0.6) is 0 Å². The van der Waals surface area contributed by atoms with Gasteiger partial charge in [-0.1, -0.05) is 13.3 Å². The Morgan fingerprint density at radius 1 is 1.35 bits per heavy atom. The van der Waals surface area contributed by atoms with Crippen LogP contribution >= 0.6 is 0 Å². The number of rotatable bonds is 6. The third-order valence-electron chi connectivity index (χ3n) is 4.26. The molecule has 2 fully saturated rings. The summed E-state index contributed by atoms with van der Waals surface area (Å²) >= 11 is 0. The molecule has 3 heteroatoms. The molecule has 2 atom stereocenters. The lowest BCUT2D eigenvalue weighted by Gasteiger charge is -2.23. The van der Waals surface area contributed by atoms with Crippen LogP contribution in [-0.2, 0) is 4.79 Å². The van der Waals surface area contributed by atoms with Crippen LogP contribution in [0.2, 0.25) is 0 Å². The number of nitrogens with one attached hydrogen (secondary N) is 1. The molecule has 1 saturated heterocycles. The van der Waals surface area contributed by atoms with Crippen molar-refractivity contribution in [3.05, 3.63) is 0 Å². The summed E-state index contributed by atoms with van der Waals surface area (Å²) in [7, 11) is 0. The standard InChI is InChI=1S/C14H26N2O/c1-2-9-15-13-6-3-5-12(13)8-11-16-10-4-7-14(16)17/h12-13,15H,2-11H2,1H3. The summed E-state index contributed by atoms with van der Waals surface area (Å²) in [5.74, 6) is 1.18. The second-order valence-corrected chi connectivity index (χ2v) is 5.52. The Kier molecular flexibility index (Phi) is 4.84. The lowest BCUT2D eigenvalue weighted by molar-refractivity contribution is -0.127. The number of nitrogens with zero attached hydrogens (tertiary/aromatic N) is 1. The van der Waals surface area contributed by atoms with Gasteiger partial charge < -0.3 is 10.2 Å². The van der Waals surface area contributed by atoms with E-state index in [4.69, 9.17) is 0 Å². The van der Waals surface area contributed by atoms with Gasteiger partial charge in [0.15, 0.2) is 0 Å². The maximum atomic E-state index is 11.5. The largest absolute Gasteiger partial charge is 0.343 e. The molecule has 0 radical (unpaired) electrons. The second kappa shape index (κ2) is 6.39. The summed E-state index contributed by atoms with van der Waals surface area (Å²) in [4.78, 5) is 13.6. The molecular weight excluding hydrogens is 212 g/mol. The smallest absolute Gasteiger partial charge is 0.222 e. The molecule has 2 unspecified atom stereocenters.